The van der Waals surface area contributed by atoms with Crippen molar-refractivity contribution in [2.24, 2.45) is 10.1 Å². The van der Waals surface area contributed by atoms with E-state index in [4.69, 9.17) is 4.99 Å². The summed E-state index contributed by atoms with van der Waals surface area (Å²) in [5.41, 5.74) is 0.589. The van der Waals surface area contributed by atoms with Crippen molar-refractivity contribution in [3.63, 3.8) is 0 Å². The Kier molecular flexibility index (Phi) is 5.61. The molecule has 128 valence electrons. The van der Waals surface area contributed by atoms with Crippen molar-refractivity contribution < 1.29 is 4.79 Å². The Hall–Kier alpha value is -1.34. The fraction of sp³-hybridized carbons (Fsp3) is 0.471. The third kappa shape index (κ3) is 3.52. The van der Waals surface area contributed by atoms with Crippen molar-refractivity contribution in [3.8, 4) is 0 Å². The van der Waals surface area contributed by atoms with E-state index in [-0.39, 0.29) is 12.1 Å². The number of carbonyl (C=O) groups is 1. The molecular weight excluding hydrogens is 388 g/mol. The number of nitrogens with one attached hydrogen (secondary N) is 1. The summed E-state index contributed by atoms with van der Waals surface area (Å²) in [5.74, 6) is 0.863. The fourth-order valence-electron chi connectivity index (χ4n) is 2.77. The van der Waals surface area contributed by atoms with Crippen molar-refractivity contribution in [2.75, 3.05) is 5.75 Å². The maximum absolute atomic E-state index is 12.7. The zero-order chi connectivity index (χ0) is 17.1. The topological polar surface area (TPSA) is 57.1 Å². The van der Waals surface area contributed by atoms with Crippen LogP contribution in [0.5, 0.6) is 0 Å². The molecule has 2 heterocycles. The van der Waals surface area contributed by atoms with E-state index in [1.165, 1.54) is 12.8 Å². The molecule has 0 fully saturated rings. The van der Waals surface area contributed by atoms with Gasteiger partial charge in [-0.15, -0.1) is 5.10 Å². The minimum Gasteiger partial charge on any atom is -0.298 e. The van der Waals surface area contributed by atoms with Gasteiger partial charge in [-0.05, 0) is 31.0 Å². The number of hydrazone groups is 1. The smallest absolute Gasteiger partial charge is 0.276 e. The molecule has 1 unspecified atom stereocenters. The molecule has 0 bridgehead atoms. The van der Waals surface area contributed by atoms with Crippen molar-refractivity contribution in [1.82, 2.24) is 10.3 Å². The number of amides is 1. The molecule has 0 aliphatic carbocycles. The summed E-state index contributed by atoms with van der Waals surface area (Å²) in [7, 11) is 0. The Morgan fingerprint density at radius 2 is 2.17 bits per heavy atom. The predicted molar refractivity (Wildman–Crippen MR) is 102 cm³/mol. The lowest BCUT2D eigenvalue weighted by molar-refractivity contribution is -0.116. The molecule has 0 radical (unpaired) electrons. The first kappa shape index (κ1) is 17.5. The lowest BCUT2D eigenvalue weighted by atomic mass is 10.1. The van der Waals surface area contributed by atoms with Crippen LogP contribution >= 0.6 is 27.7 Å². The van der Waals surface area contributed by atoms with Gasteiger partial charge in [0.2, 0.25) is 0 Å². The van der Waals surface area contributed by atoms with Crippen LogP contribution in [0, 0.1) is 0 Å². The molecule has 0 saturated carbocycles. The molecule has 5 nitrogen and oxygen atoms in total. The molecule has 0 aromatic heterocycles. The van der Waals surface area contributed by atoms with Gasteiger partial charge in [0.1, 0.15) is 11.9 Å². The summed E-state index contributed by atoms with van der Waals surface area (Å²) in [6.45, 7) is 4.24. The van der Waals surface area contributed by atoms with Gasteiger partial charge in [-0.2, -0.15) is 0 Å². The third-order valence-corrected chi connectivity index (χ3v) is 5.44. The Bertz CT molecular complexity index is 792. The highest BCUT2D eigenvalue weighted by Gasteiger charge is 2.32. The van der Waals surface area contributed by atoms with Gasteiger partial charge in [-0.3, -0.25) is 15.1 Å². The first-order valence-electron chi connectivity index (χ1n) is 8.33. The van der Waals surface area contributed by atoms with Crippen molar-refractivity contribution in [1.29, 1.82) is 0 Å². The maximum Gasteiger partial charge on any atom is 0.276 e. The number of halogens is 1. The number of carbonyl (C=O) groups excluding carboxylic acids is 1. The summed E-state index contributed by atoms with van der Waals surface area (Å²) in [4.78, 5) is 17.5. The summed E-state index contributed by atoms with van der Waals surface area (Å²) in [6.07, 6.45) is 4.18. The summed E-state index contributed by atoms with van der Waals surface area (Å²) in [5, 5.41) is 11.7. The third-order valence-electron chi connectivity index (χ3n) is 4.00. The highest BCUT2D eigenvalue weighted by atomic mass is 79.9. The molecular formula is C17H21BrN4OS. The number of unbranched alkanes of at least 4 members (excludes halogenated alkanes) is 2. The monoisotopic (exact) mass is 408 g/mol. The number of rotatable bonds is 5. The normalized spacial score (nSPS) is 19.2. The zero-order valence-corrected chi connectivity index (χ0v) is 16.3. The number of hydrogen-bond donors (Lipinski definition) is 1. The van der Waals surface area contributed by atoms with E-state index >= 15 is 0 Å². The Morgan fingerprint density at radius 3 is 2.92 bits per heavy atom. The Morgan fingerprint density at radius 1 is 1.33 bits per heavy atom. The minimum absolute atomic E-state index is 0.101. The van der Waals surface area contributed by atoms with Crippen LogP contribution in [0.1, 0.15) is 39.5 Å². The van der Waals surface area contributed by atoms with Crippen LogP contribution in [0.4, 0.5) is 0 Å². The number of thioether (sulfide) groups is 1. The van der Waals surface area contributed by atoms with Crippen LogP contribution in [0.3, 0.4) is 0 Å². The number of hydrogen-bond acceptors (Lipinski definition) is 5. The molecule has 2 aliphatic heterocycles. The molecule has 0 spiro atoms. The quantitative estimate of drug-likeness (QED) is 0.761. The standard InChI is InChI=1S/C17H21BrN4OS/c1-3-5-6-9-24-17-20-16(23)15-12-10-11(18)7-8-13(12)19-14(4-2)22(15)21-17/h7-8,10,14H,3-6,9H2,1-2H3,(H,20,21,23). The van der Waals surface area contributed by atoms with E-state index in [9.17, 15) is 4.79 Å². The van der Waals surface area contributed by atoms with Gasteiger partial charge >= 0.3 is 0 Å². The average Bonchev–Trinajstić information content (AvgIpc) is 2.57. The van der Waals surface area contributed by atoms with Gasteiger partial charge in [-0.25, -0.2) is 5.01 Å². The van der Waals surface area contributed by atoms with E-state index in [0.29, 0.717) is 10.9 Å². The van der Waals surface area contributed by atoms with E-state index in [1.807, 2.05) is 18.2 Å². The molecule has 7 heteroatoms. The molecule has 1 aromatic rings. The number of nitrogens with zero attached hydrogens (tertiary/aromatic N) is 3. The van der Waals surface area contributed by atoms with Crippen molar-refractivity contribution in [2.45, 2.75) is 45.7 Å². The Labute approximate surface area is 154 Å². The first-order valence-corrected chi connectivity index (χ1v) is 10.1. The van der Waals surface area contributed by atoms with Gasteiger partial charge in [0.25, 0.3) is 5.91 Å². The predicted octanol–water partition coefficient (Wildman–Crippen LogP) is 2.55. The van der Waals surface area contributed by atoms with E-state index in [2.05, 4.69) is 40.2 Å². The van der Waals surface area contributed by atoms with Crippen molar-refractivity contribution >= 4 is 44.5 Å². The summed E-state index contributed by atoms with van der Waals surface area (Å²) < 4.78 is 0.926. The molecule has 1 N–H and O–H groups in total. The second kappa shape index (κ2) is 7.70. The minimum atomic E-state index is -0.133. The number of benzene rings is 1. The van der Waals surface area contributed by atoms with E-state index in [0.717, 1.165) is 33.6 Å². The van der Waals surface area contributed by atoms with Gasteiger partial charge in [-0.1, -0.05) is 54.4 Å². The molecule has 2 aliphatic rings. The summed E-state index contributed by atoms with van der Waals surface area (Å²) in [6, 6.07) is 5.82. The van der Waals surface area contributed by atoms with Crippen LogP contribution in [-0.4, -0.2) is 28.0 Å². The first-order chi connectivity index (χ1) is 11.6. The van der Waals surface area contributed by atoms with Gasteiger partial charge < -0.3 is 0 Å². The number of amidine groups is 1. The molecule has 0 saturated heterocycles. The van der Waals surface area contributed by atoms with Crippen molar-refractivity contribution in [3.05, 3.63) is 33.2 Å². The zero-order valence-electron chi connectivity index (χ0n) is 13.9. The van der Waals surface area contributed by atoms with Gasteiger partial charge in [0.15, 0.2) is 5.17 Å². The van der Waals surface area contributed by atoms with E-state index in [1.54, 1.807) is 16.8 Å². The maximum atomic E-state index is 12.7. The summed E-state index contributed by atoms with van der Waals surface area (Å²) >= 11 is 5.08. The Balaban J connectivity index is 1.97. The fourth-order valence-corrected chi connectivity index (χ4v) is 3.98. The lowest BCUT2D eigenvalue weighted by Gasteiger charge is -2.33. The molecule has 1 aromatic carbocycles. The van der Waals surface area contributed by atoms with Crippen LogP contribution in [0.15, 0.2) is 32.8 Å². The van der Waals surface area contributed by atoms with Crippen LogP contribution in [-0.2, 0) is 4.79 Å². The van der Waals surface area contributed by atoms with E-state index < -0.39 is 0 Å². The second-order valence-electron chi connectivity index (χ2n) is 5.79. The van der Waals surface area contributed by atoms with Crippen LogP contribution < -0.4 is 15.9 Å². The molecule has 24 heavy (non-hydrogen) atoms. The lowest BCUT2D eigenvalue weighted by Crippen LogP contribution is -2.52. The largest absolute Gasteiger partial charge is 0.298 e. The number of fused-ring (bicyclic) bond motifs is 2. The second-order valence-corrected chi connectivity index (χ2v) is 7.79. The van der Waals surface area contributed by atoms with Gasteiger partial charge in [0.05, 0.1) is 5.36 Å². The van der Waals surface area contributed by atoms with Crippen LogP contribution in [0.25, 0.3) is 5.70 Å². The SMILES string of the molecule is CCCCCSC1=NN2C(=c3cc(Br)ccc3=NC2CC)C(=O)N1. The highest BCUT2D eigenvalue weighted by Crippen LogP contribution is 2.22. The molecule has 1 amide bonds. The van der Waals surface area contributed by atoms with Crippen LogP contribution in [0.2, 0.25) is 0 Å². The van der Waals surface area contributed by atoms with Gasteiger partial charge in [0, 0.05) is 15.4 Å². The highest BCUT2D eigenvalue weighted by molar-refractivity contribution is 9.10. The molecule has 1 atom stereocenters. The molecule has 3 rings (SSSR count). The average molecular weight is 409 g/mol.